The van der Waals surface area contributed by atoms with Gasteiger partial charge in [-0.05, 0) is 61.2 Å². The van der Waals surface area contributed by atoms with Gasteiger partial charge in [0, 0.05) is 30.1 Å². The van der Waals surface area contributed by atoms with Gasteiger partial charge in [-0.25, -0.2) is 4.79 Å². The second-order valence-electron chi connectivity index (χ2n) is 8.75. The van der Waals surface area contributed by atoms with Gasteiger partial charge in [0.15, 0.2) is 0 Å². The van der Waals surface area contributed by atoms with Gasteiger partial charge in [-0.2, -0.15) is 0 Å². The van der Waals surface area contributed by atoms with E-state index in [4.69, 9.17) is 9.47 Å². The summed E-state index contributed by atoms with van der Waals surface area (Å²) in [5.74, 6) is -0.911. The van der Waals surface area contributed by atoms with E-state index in [1.54, 1.807) is 25.3 Å². The predicted octanol–water partition coefficient (Wildman–Crippen LogP) is 4.58. The summed E-state index contributed by atoms with van der Waals surface area (Å²) in [5, 5.41) is 21.3. The molecule has 0 aliphatic rings. The normalized spacial score (nSPS) is 12.5. The summed E-state index contributed by atoms with van der Waals surface area (Å²) in [4.78, 5) is 23.5. The highest BCUT2D eigenvalue weighted by Crippen LogP contribution is 2.36. The van der Waals surface area contributed by atoms with Crippen molar-refractivity contribution in [2.45, 2.75) is 46.3 Å². The third-order valence-electron chi connectivity index (χ3n) is 6.09. The number of carbonyl (C=O) groups is 2. The van der Waals surface area contributed by atoms with Gasteiger partial charge < -0.3 is 24.3 Å². The van der Waals surface area contributed by atoms with E-state index in [2.05, 4.69) is 17.7 Å². The largest absolute Gasteiger partial charge is 0.496 e. The third-order valence-corrected chi connectivity index (χ3v) is 6.09. The molecule has 0 aliphatic heterocycles. The number of hydrogen-bond donors (Lipinski definition) is 2. The fourth-order valence-corrected chi connectivity index (χ4v) is 4.00. The fourth-order valence-electron chi connectivity index (χ4n) is 4.00. The number of nitrogens with zero attached hydrogens (tertiary/aromatic N) is 1. The van der Waals surface area contributed by atoms with Crippen LogP contribution in [0.1, 0.15) is 60.3 Å². The molecule has 0 saturated carbocycles. The van der Waals surface area contributed by atoms with Crippen molar-refractivity contribution in [2.24, 2.45) is 5.41 Å². The molecule has 7 nitrogen and oxygen atoms in total. The minimum absolute atomic E-state index is 0.410. The molecule has 1 atom stereocenters. The number of benzene rings is 2. The topological polar surface area (TPSA) is 98.0 Å². The second-order valence-corrected chi connectivity index (χ2v) is 8.75. The quantitative estimate of drug-likeness (QED) is 0.460. The van der Waals surface area contributed by atoms with Crippen LogP contribution in [0.4, 0.5) is 0 Å². The maximum atomic E-state index is 11.9. The molecule has 1 unspecified atom stereocenters. The number of aliphatic hydroxyl groups is 1. The first-order chi connectivity index (χ1) is 15.6. The van der Waals surface area contributed by atoms with Gasteiger partial charge in [-0.3, -0.25) is 4.79 Å². The smallest absolute Gasteiger partial charge is 0.337 e. The molecule has 0 saturated heterocycles. The van der Waals surface area contributed by atoms with Gasteiger partial charge >= 0.3 is 11.9 Å². The van der Waals surface area contributed by atoms with Crippen LogP contribution >= 0.6 is 0 Å². The number of rotatable bonds is 9. The number of carboxylic acid groups (broad SMARTS) is 1. The lowest BCUT2D eigenvalue weighted by molar-refractivity contribution is -0.153. The molecule has 1 heterocycles. The van der Waals surface area contributed by atoms with Crippen LogP contribution in [0.25, 0.3) is 10.9 Å². The molecule has 0 bridgehead atoms. The number of carbonyl (C=O) groups excluding carboxylic acids is 1. The Hall–Kier alpha value is -3.32. The maximum absolute atomic E-state index is 11.9. The number of fused-ring (bicyclic) bond motifs is 1. The molecular weight excluding hydrogens is 422 g/mol. The number of hydrogen-bond acceptors (Lipinski definition) is 5. The highest BCUT2D eigenvalue weighted by atomic mass is 16.5. The van der Waals surface area contributed by atoms with Crippen LogP contribution in [-0.4, -0.2) is 40.9 Å². The van der Waals surface area contributed by atoms with Crippen LogP contribution in [-0.2, 0) is 22.5 Å². The number of aromatic nitrogens is 1. The molecule has 2 N–H and O–H groups in total. The van der Waals surface area contributed by atoms with Crippen molar-refractivity contribution in [3.05, 3.63) is 64.8 Å². The zero-order valence-electron chi connectivity index (χ0n) is 19.7. The van der Waals surface area contributed by atoms with E-state index in [0.29, 0.717) is 23.3 Å². The second kappa shape index (κ2) is 9.67. The fraction of sp³-hybridized carbons (Fsp3) is 0.385. The molecule has 33 heavy (non-hydrogen) atoms. The van der Waals surface area contributed by atoms with Gasteiger partial charge in [0.1, 0.15) is 5.75 Å². The van der Waals surface area contributed by atoms with E-state index in [9.17, 15) is 19.8 Å². The SMILES string of the molecule is CCCn1cc(Cc2ccc(C(=O)OC)cc2OC)c2cc(C(O)C(C)(C)C(=O)O)ccc21. The summed E-state index contributed by atoms with van der Waals surface area (Å²) in [6, 6.07) is 10.8. The van der Waals surface area contributed by atoms with Crippen molar-refractivity contribution >= 4 is 22.8 Å². The summed E-state index contributed by atoms with van der Waals surface area (Å²) >= 11 is 0. The standard InChI is InChI=1S/C26H31NO6/c1-6-11-27-15-19(12-16-7-8-18(24(29)33-5)14-22(16)32-4)20-13-17(9-10-21(20)27)23(28)26(2,3)25(30)31/h7-10,13-15,23,28H,6,11-12H2,1-5H3,(H,30,31). The number of carboxylic acids is 1. The van der Waals surface area contributed by atoms with E-state index < -0.39 is 23.5 Å². The van der Waals surface area contributed by atoms with Gasteiger partial charge in [0.25, 0.3) is 0 Å². The molecule has 3 aromatic rings. The first-order valence-corrected chi connectivity index (χ1v) is 10.9. The number of methoxy groups -OCH3 is 2. The average molecular weight is 454 g/mol. The molecule has 0 aliphatic carbocycles. The average Bonchev–Trinajstić information content (AvgIpc) is 3.14. The molecule has 0 amide bonds. The Balaban J connectivity index is 2.09. The zero-order valence-corrected chi connectivity index (χ0v) is 19.7. The lowest BCUT2D eigenvalue weighted by Gasteiger charge is -2.26. The Kier molecular flexibility index (Phi) is 7.12. The Labute approximate surface area is 193 Å². The van der Waals surface area contributed by atoms with Crippen LogP contribution in [0, 0.1) is 5.41 Å². The summed E-state index contributed by atoms with van der Waals surface area (Å²) in [5.41, 5.74) is 2.57. The van der Waals surface area contributed by atoms with Crippen molar-refractivity contribution in [1.29, 1.82) is 0 Å². The Morgan fingerprint density at radius 3 is 2.42 bits per heavy atom. The number of aliphatic carboxylic acids is 1. The Morgan fingerprint density at radius 1 is 1.09 bits per heavy atom. The summed E-state index contributed by atoms with van der Waals surface area (Å²) in [6.07, 6.45) is 2.42. The number of aryl methyl sites for hydroxylation is 1. The first-order valence-electron chi connectivity index (χ1n) is 10.9. The van der Waals surface area contributed by atoms with Crippen molar-refractivity contribution in [1.82, 2.24) is 4.57 Å². The van der Waals surface area contributed by atoms with Gasteiger partial charge in [-0.15, -0.1) is 0 Å². The summed E-state index contributed by atoms with van der Waals surface area (Å²) < 4.78 is 12.5. The molecule has 176 valence electrons. The Morgan fingerprint density at radius 2 is 1.82 bits per heavy atom. The van der Waals surface area contributed by atoms with Crippen molar-refractivity contribution in [2.75, 3.05) is 14.2 Å². The van der Waals surface area contributed by atoms with Crippen LogP contribution in [0.5, 0.6) is 5.75 Å². The Bertz CT molecular complexity index is 1180. The van der Waals surface area contributed by atoms with E-state index in [1.807, 2.05) is 18.2 Å². The maximum Gasteiger partial charge on any atom is 0.337 e. The lowest BCUT2D eigenvalue weighted by atomic mass is 9.82. The van der Waals surface area contributed by atoms with Crippen LogP contribution in [0.3, 0.4) is 0 Å². The predicted molar refractivity (Wildman–Crippen MR) is 126 cm³/mol. The lowest BCUT2D eigenvalue weighted by Crippen LogP contribution is -2.31. The zero-order chi connectivity index (χ0) is 24.3. The van der Waals surface area contributed by atoms with Crippen LogP contribution in [0.2, 0.25) is 0 Å². The third kappa shape index (κ3) is 4.73. The summed E-state index contributed by atoms with van der Waals surface area (Å²) in [7, 11) is 2.89. The minimum Gasteiger partial charge on any atom is -0.496 e. The molecule has 3 rings (SSSR count). The van der Waals surface area contributed by atoms with E-state index >= 15 is 0 Å². The molecule has 1 aromatic heterocycles. The van der Waals surface area contributed by atoms with E-state index in [1.165, 1.54) is 21.0 Å². The van der Waals surface area contributed by atoms with E-state index in [-0.39, 0.29) is 0 Å². The molecule has 0 fully saturated rings. The molecule has 7 heteroatoms. The number of aliphatic hydroxyl groups excluding tert-OH is 1. The molecule has 0 spiro atoms. The molecule has 0 radical (unpaired) electrons. The van der Waals surface area contributed by atoms with E-state index in [0.717, 1.165) is 35.0 Å². The molecular formula is C26H31NO6. The van der Waals surface area contributed by atoms with Crippen LogP contribution in [0.15, 0.2) is 42.6 Å². The highest BCUT2D eigenvalue weighted by molar-refractivity contribution is 5.90. The van der Waals surface area contributed by atoms with Gasteiger partial charge in [0.2, 0.25) is 0 Å². The highest BCUT2D eigenvalue weighted by Gasteiger charge is 2.37. The minimum atomic E-state index is -1.33. The van der Waals surface area contributed by atoms with Crippen LogP contribution < -0.4 is 4.74 Å². The number of ether oxygens (including phenoxy) is 2. The number of esters is 1. The van der Waals surface area contributed by atoms with Gasteiger partial charge in [-0.1, -0.05) is 19.1 Å². The summed E-state index contributed by atoms with van der Waals surface area (Å²) in [6.45, 7) is 5.97. The van der Waals surface area contributed by atoms with Crippen molar-refractivity contribution < 1.29 is 29.3 Å². The van der Waals surface area contributed by atoms with Crippen molar-refractivity contribution in [3.8, 4) is 5.75 Å². The first kappa shape index (κ1) is 24.3. The van der Waals surface area contributed by atoms with Crippen molar-refractivity contribution in [3.63, 3.8) is 0 Å². The molecule has 2 aromatic carbocycles. The monoisotopic (exact) mass is 453 g/mol. The van der Waals surface area contributed by atoms with Gasteiger partial charge in [0.05, 0.1) is 31.3 Å².